The summed E-state index contributed by atoms with van der Waals surface area (Å²) in [5.74, 6) is 0.872. The van der Waals surface area contributed by atoms with Crippen LogP contribution in [0.25, 0.3) is 10.9 Å². The molecule has 120 valence electrons. The Bertz CT molecular complexity index is 822. The Morgan fingerprint density at radius 1 is 1.39 bits per heavy atom. The molecule has 7 nitrogen and oxygen atoms in total. The largest absolute Gasteiger partial charge is 0.377 e. The zero-order valence-corrected chi connectivity index (χ0v) is 13.1. The highest BCUT2D eigenvalue weighted by molar-refractivity contribution is 6.06. The highest BCUT2D eigenvalue weighted by Gasteiger charge is 2.13. The van der Waals surface area contributed by atoms with E-state index >= 15 is 0 Å². The molecule has 2 heterocycles. The number of carbonyl (C=O) groups excluding carboxylic acids is 1. The topological polar surface area (TPSA) is 82.2 Å². The van der Waals surface area contributed by atoms with Crippen molar-refractivity contribution in [2.45, 2.75) is 13.0 Å². The number of fused-ring (bicyclic) bond motifs is 1. The molecule has 0 radical (unpaired) electrons. The van der Waals surface area contributed by atoms with Crippen molar-refractivity contribution in [3.05, 3.63) is 47.7 Å². The van der Waals surface area contributed by atoms with Crippen molar-refractivity contribution < 1.29 is 14.1 Å². The molecule has 0 unspecified atom stereocenters. The molecule has 0 fully saturated rings. The van der Waals surface area contributed by atoms with Gasteiger partial charge in [0.15, 0.2) is 5.82 Å². The summed E-state index contributed by atoms with van der Waals surface area (Å²) < 4.78 is 12.0. The van der Waals surface area contributed by atoms with Gasteiger partial charge in [0, 0.05) is 44.2 Å². The molecule has 0 saturated heterocycles. The standard InChI is InChI=1S/C16H18N4O3/c1-20-9-12(11-5-3-4-6-13(11)20)16(21)17-8-7-15-18-14(10-22-2)19-23-15/h3-6,9H,7-8,10H2,1-2H3,(H,17,21). The van der Waals surface area contributed by atoms with E-state index in [-0.39, 0.29) is 5.91 Å². The summed E-state index contributed by atoms with van der Waals surface area (Å²) >= 11 is 0. The number of aromatic nitrogens is 3. The number of hydrogen-bond acceptors (Lipinski definition) is 5. The Labute approximate surface area is 133 Å². The van der Waals surface area contributed by atoms with Crippen molar-refractivity contribution in [3.8, 4) is 0 Å². The third-order valence-electron chi connectivity index (χ3n) is 3.55. The number of nitrogens with one attached hydrogen (secondary N) is 1. The number of amides is 1. The van der Waals surface area contributed by atoms with Crippen LogP contribution in [0.4, 0.5) is 0 Å². The Balaban J connectivity index is 1.62. The molecule has 0 spiro atoms. The van der Waals surface area contributed by atoms with Gasteiger partial charge in [-0.3, -0.25) is 4.79 Å². The number of nitrogens with zero attached hydrogens (tertiary/aromatic N) is 3. The fraction of sp³-hybridized carbons (Fsp3) is 0.312. The predicted octanol–water partition coefficient (Wildman–Crippen LogP) is 1.68. The monoisotopic (exact) mass is 314 g/mol. The Morgan fingerprint density at radius 2 is 2.22 bits per heavy atom. The van der Waals surface area contributed by atoms with Crippen LogP contribution in [0.3, 0.4) is 0 Å². The van der Waals surface area contributed by atoms with Crippen LogP contribution in [0.5, 0.6) is 0 Å². The lowest BCUT2D eigenvalue weighted by Gasteiger charge is -2.02. The van der Waals surface area contributed by atoms with E-state index in [0.717, 1.165) is 10.9 Å². The van der Waals surface area contributed by atoms with Gasteiger partial charge in [-0.25, -0.2) is 0 Å². The van der Waals surface area contributed by atoms with E-state index in [0.29, 0.717) is 36.9 Å². The highest BCUT2D eigenvalue weighted by atomic mass is 16.5. The molecule has 0 bridgehead atoms. The third-order valence-corrected chi connectivity index (χ3v) is 3.55. The maximum Gasteiger partial charge on any atom is 0.253 e. The zero-order chi connectivity index (χ0) is 16.2. The van der Waals surface area contributed by atoms with Gasteiger partial charge >= 0.3 is 0 Å². The van der Waals surface area contributed by atoms with Crippen LogP contribution in [0, 0.1) is 0 Å². The Kier molecular flexibility index (Phi) is 4.38. The first-order valence-corrected chi connectivity index (χ1v) is 7.31. The first-order valence-electron chi connectivity index (χ1n) is 7.31. The molecule has 3 rings (SSSR count). The average molecular weight is 314 g/mol. The Morgan fingerprint density at radius 3 is 3.04 bits per heavy atom. The molecule has 7 heteroatoms. The molecular formula is C16H18N4O3. The minimum atomic E-state index is -0.113. The maximum atomic E-state index is 12.4. The van der Waals surface area contributed by atoms with Crippen molar-refractivity contribution in [1.29, 1.82) is 0 Å². The van der Waals surface area contributed by atoms with E-state index < -0.39 is 0 Å². The van der Waals surface area contributed by atoms with Crippen molar-refractivity contribution in [3.63, 3.8) is 0 Å². The second-order valence-corrected chi connectivity index (χ2v) is 5.21. The molecule has 23 heavy (non-hydrogen) atoms. The molecule has 1 aromatic carbocycles. The minimum Gasteiger partial charge on any atom is -0.377 e. The summed E-state index contributed by atoms with van der Waals surface area (Å²) in [7, 11) is 3.50. The SMILES string of the molecule is COCc1noc(CCNC(=O)c2cn(C)c3ccccc23)n1. The number of hydrogen-bond donors (Lipinski definition) is 1. The second-order valence-electron chi connectivity index (χ2n) is 5.21. The van der Waals surface area contributed by atoms with E-state index in [9.17, 15) is 4.79 Å². The summed E-state index contributed by atoms with van der Waals surface area (Å²) in [5.41, 5.74) is 1.69. The first kappa shape index (κ1) is 15.2. The molecule has 2 aromatic heterocycles. The number of aryl methyl sites for hydroxylation is 1. The normalized spacial score (nSPS) is 11.0. The molecule has 0 aliphatic rings. The van der Waals surface area contributed by atoms with Gasteiger partial charge in [0.2, 0.25) is 5.89 Å². The molecular weight excluding hydrogens is 296 g/mol. The lowest BCUT2D eigenvalue weighted by Crippen LogP contribution is -2.25. The third kappa shape index (κ3) is 3.24. The summed E-state index contributed by atoms with van der Waals surface area (Å²) in [6.07, 6.45) is 2.32. The van der Waals surface area contributed by atoms with Crippen LogP contribution in [-0.4, -0.2) is 34.3 Å². The molecule has 0 aliphatic heterocycles. The molecule has 1 amide bonds. The molecule has 3 aromatic rings. The van der Waals surface area contributed by atoms with E-state index in [2.05, 4.69) is 15.5 Å². The van der Waals surface area contributed by atoms with Crippen LogP contribution in [0.15, 0.2) is 35.0 Å². The van der Waals surface area contributed by atoms with E-state index in [1.54, 1.807) is 7.11 Å². The highest BCUT2D eigenvalue weighted by Crippen LogP contribution is 2.19. The summed E-state index contributed by atoms with van der Waals surface area (Å²) in [5, 5.41) is 7.60. The van der Waals surface area contributed by atoms with Gasteiger partial charge in [0.05, 0.1) is 5.56 Å². The van der Waals surface area contributed by atoms with Crippen LogP contribution < -0.4 is 5.32 Å². The predicted molar refractivity (Wildman–Crippen MR) is 84.0 cm³/mol. The van der Waals surface area contributed by atoms with Gasteiger partial charge in [-0.1, -0.05) is 23.4 Å². The number of carbonyl (C=O) groups is 1. The quantitative estimate of drug-likeness (QED) is 0.748. The van der Waals surface area contributed by atoms with Crippen LogP contribution in [-0.2, 0) is 24.8 Å². The summed E-state index contributed by atoms with van der Waals surface area (Å²) in [6.45, 7) is 0.739. The van der Waals surface area contributed by atoms with Gasteiger partial charge in [-0.15, -0.1) is 0 Å². The molecule has 0 aliphatic carbocycles. The molecule has 0 atom stereocenters. The molecule has 1 N–H and O–H groups in total. The zero-order valence-electron chi connectivity index (χ0n) is 13.1. The summed E-state index contributed by atoms with van der Waals surface area (Å²) in [6, 6.07) is 7.81. The lowest BCUT2D eigenvalue weighted by molar-refractivity contribution is 0.0955. The van der Waals surface area contributed by atoms with Crippen molar-refractivity contribution in [2.24, 2.45) is 7.05 Å². The van der Waals surface area contributed by atoms with Crippen LogP contribution >= 0.6 is 0 Å². The summed E-state index contributed by atoms with van der Waals surface area (Å²) in [4.78, 5) is 16.5. The van der Waals surface area contributed by atoms with Crippen molar-refractivity contribution >= 4 is 16.8 Å². The van der Waals surface area contributed by atoms with E-state index in [4.69, 9.17) is 9.26 Å². The fourth-order valence-corrected chi connectivity index (χ4v) is 2.48. The smallest absolute Gasteiger partial charge is 0.253 e. The van der Waals surface area contributed by atoms with Gasteiger partial charge < -0.3 is 19.1 Å². The number of ether oxygens (including phenoxy) is 1. The average Bonchev–Trinajstić information content (AvgIpc) is 3.13. The van der Waals surface area contributed by atoms with E-state index in [1.165, 1.54) is 0 Å². The Hall–Kier alpha value is -2.67. The number of benzene rings is 1. The maximum absolute atomic E-state index is 12.4. The van der Waals surface area contributed by atoms with Gasteiger partial charge in [0.25, 0.3) is 5.91 Å². The van der Waals surface area contributed by atoms with Crippen molar-refractivity contribution in [1.82, 2.24) is 20.0 Å². The van der Waals surface area contributed by atoms with Gasteiger partial charge in [-0.05, 0) is 6.07 Å². The number of rotatable bonds is 6. The van der Waals surface area contributed by atoms with Crippen molar-refractivity contribution in [2.75, 3.05) is 13.7 Å². The fourth-order valence-electron chi connectivity index (χ4n) is 2.48. The van der Waals surface area contributed by atoms with Crippen LogP contribution in [0.1, 0.15) is 22.1 Å². The number of para-hydroxylation sites is 1. The second kappa shape index (κ2) is 6.62. The minimum absolute atomic E-state index is 0.113. The molecule has 0 saturated carbocycles. The number of methoxy groups -OCH3 is 1. The lowest BCUT2D eigenvalue weighted by atomic mass is 10.1. The first-order chi connectivity index (χ1) is 11.2. The van der Waals surface area contributed by atoms with Crippen LogP contribution in [0.2, 0.25) is 0 Å². The van der Waals surface area contributed by atoms with Gasteiger partial charge in [0.1, 0.15) is 6.61 Å². The van der Waals surface area contributed by atoms with E-state index in [1.807, 2.05) is 42.1 Å². The van der Waals surface area contributed by atoms with Gasteiger partial charge in [-0.2, -0.15) is 4.98 Å².